The fourth-order valence-electron chi connectivity index (χ4n) is 1.95. The van der Waals surface area contributed by atoms with Crippen LogP contribution in [0.25, 0.3) is 10.2 Å². The van der Waals surface area contributed by atoms with E-state index in [0.717, 1.165) is 0 Å². The van der Waals surface area contributed by atoms with Gasteiger partial charge in [-0.2, -0.15) is 4.57 Å². The van der Waals surface area contributed by atoms with Crippen molar-refractivity contribution in [2.45, 2.75) is 16.8 Å². The maximum Gasteiger partial charge on any atom is 0.299 e. The van der Waals surface area contributed by atoms with E-state index in [9.17, 15) is 0 Å². The first-order chi connectivity index (χ1) is 7.24. The molecule has 0 amide bonds. The molecule has 0 saturated carbocycles. The highest BCUT2D eigenvalue weighted by molar-refractivity contribution is 14.1. The predicted octanol–water partition coefficient (Wildman–Crippen LogP) is 3.44. The van der Waals surface area contributed by atoms with Gasteiger partial charge in [-0.3, -0.25) is 0 Å². The lowest BCUT2D eigenvalue weighted by molar-refractivity contribution is -0.749. The van der Waals surface area contributed by atoms with Crippen LogP contribution in [0.5, 0.6) is 0 Å². The zero-order valence-corrected chi connectivity index (χ0v) is 12.2. The van der Waals surface area contributed by atoms with Crippen LogP contribution in [0.3, 0.4) is 0 Å². The second-order valence-corrected chi connectivity index (χ2v) is 7.11. The summed E-state index contributed by atoms with van der Waals surface area (Å²) in [4.78, 5) is 0. The van der Waals surface area contributed by atoms with Gasteiger partial charge in [-0.25, -0.2) is 0 Å². The maximum atomic E-state index is 2.53. The van der Waals surface area contributed by atoms with E-state index in [1.54, 1.807) is 0 Å². The number of halogens is 1. The Kier molecular flexibility index (Phi) is 2.48. The average Bonchev–Trinajstić information content (AvgIpc) is 2.78. The largest absolute Gasteiger partial charge is 0.299 e. The van der Waals surface area contributed by atoms with Gasteiger partial charge in [0, 0.05) is 13.0 Å². The van der Waals surface area contributed by atoms with Crippen molar-refractivity contribution in [3.63, 3.8) is 0 Å². The molecule has 4 heteroatoms. The lowest BCUT2D eigenvalue weighted by Crippen LogP contribution is -2.53. The summed E-state index contributed by atoms with van der Waals surface area (Å²) in [5.41, 5.74) is 1.71. The van der Waals surface area contributed by atoms with Crippen LogP contribution in [0.4, 0.5) is 0 Å². The number of hydrogen-bond donors (Lipinski definition) is 0. The first-order valence-electron chi connectivity index (χ1n) is 4.87. The molecule has 1 aliphatic heterocycles. The number of thioether (sulfide) groups is 1. The monoisotopic (exact) mass is 348 g/mol. The molecule has 1 aliphatic rings. The number of hydrogen-bond acceptors (Lipinski definition) is 2. The highest BCUT2D eigenvalue weighted by Crippen LogP contribution is 2.39. The van der Waals surface area contributed by atoms with Crippen LogP contribution in [-0.4, -0.2) is 10.2 Å². The van der Waals surface area contributed by atoms with Gasteiger partial charge in [0.15, 0.2) is 5.54 Å². The van der Waals surface area contributed by atoms with E-state index in [1.807, 2.05) is 23.1 Å². The number of thiazole rings is 1. The first kappa shape index (κ1) is 10.4. The number of aromatic nitrogens is 1. The van der Waals surface area contributed by atoms with Gasteiger partial charge < -0.3 is 0 Å². The van der Waals surface area contributed by atoms with E-state index in [4.69, 9.17) is 0 Å². The van der Waals surface area contributed by atoms with E-state index >= 15 is 0 Å². The van der Waals surface area contributed by atoms with E-state index in [1.165, 1.54) is 24.7 Å². The molecule has 0 spiro atoms. The van der Waals surface area contributed by atoms with Crippen LogP contribution >= 0.6 is 45.7 Å². The number of fused-ring (bicyclic) bond motifs is 3. The minimum absolute atomic E-state index is 0.306. The number of nitrogens with zero attached hydrogens (tertiary/aromatic N) is 1. The third kappa shape index (κ3) is 1.45. The Morgan fingerprint density at radius 3 is 3.07 bits per heavy atom. The number of benzene rings is 1. The fourth-order valence-corrected chi connectivity index (χ4v) is 5.73. The van der Waals surface area contributed by atoms with Crippen LogP contribution in [0, 0.1) is 0 Å². The molecule has 1 nitrogen and oxygen atoms in total. The minimum atomic E-state index is 0.306. The van der Waals surface area contributed by atoms with E-state index < -0.39 is 0 Å². The third-order valence-electron chi connectivity index (χ3n) is 2.82. The molecule has 3 rings (SSSR count). The van der Waals surface area contributed by atoms with Crippen molar-refractivity contribution in [2.75, 3.05) is 10.2 Å². The van der Waals surface area contributed by atoms with Gasteiger partial charge in [0.1, 0.15) is 4.70 Å². The van der Waals surface area contributed by atoms with Gasteiger partial charge >= 0.3 is 0 Å². The van der Waals surface area contributed by atoms with Crippen molar-refractivity contribution >= 4 is 55.9 Å². The summed E-state index contributed by atoms with van der Waals surface area (Å²) in [7, 11) is 0. The van der Waals surface area contributed by atoms with Crippen LogP contribution < -0.4 is 4.57 Å². The second-order valence-electron chi connectivity index (χ2n) is 4.09. The smallest absolute Gasteiger partial charge is 0.169 e. The number of para-hydroxylation sites is 1. The molecule has 0 aliphatic carbocycles. The Hall–Kier alpha value is 0.190. The maximum absolute atomic E-state index is 2.53. The van der Waals surface area contributed by atoms with Gasteiger partial charge in [0.05, 0.1) is 10.2 Å². The van der Waals surface area contributed by atoms with Gasteiger partial charge in [-0.15, -0.1) is 0 Å². The summed E-state index contributed by atoms with van der Waals surface area (Å²) in [6.07, 6.45) is 0. The van der Waals surface area contributed by atoms with Crippen molar-refractivity contribution in [1.29, 1.82) is 0 Å². The average molecular weight is 348 g/mol. The molecule has 0 fully saturated rings. The van der Waals surface area contributed by atoms with Gasteiger partial charge in [-0.1, -0.05) is 46.1 Å². The number of rotatable bonds is 1. The van der Waals surface area contributed by atoms with Crippen LogP contribution in [0.2, 0.25) is 0 Å². The Morgan fingerprint density at radius 1 is 1.47 bits per heavy atom. The second kappa shape index (κ2) is 3.60. The molecular formula is C11H11INS2+. The summed E-state index contributed by atoms with van der Waals surface area (Å²) in [6, 6.07) is 8.73. The molecule has 0 bridgehead atoms. The van der Waals surface area contributed by atoms with E-state index in [-0.39, 0.29) is 0 Å². The third-order valence-corrected chi connectivity index (χ3v) is 7.19. The summed E-state index contributed by atoms with van der Waals surface area (Å²) < 4.78 is 6.59. The topological polar surface area (TPSA) is 3.88 Å². The van der Waals surface area contributed by atoms with Crippen LogP contribution in [0.1, 0.15) is 6.92 Å². The van der Waals surface area contributed by atoms with Crippen molar-refractivity contribution in [3.8, 4) is 0 Å². The molecule has 1 aromatic heterocycles. The fraction of sp³-hybridized carbons (Fsp3) is 0.364. The highest BCUT2D eigenvalue weighted by Gasteiger charge is 2.45. The first-order valence-corrected chi connectivity index (χ1v) is 8.20. The molecule has 78 valence electrons. The predicted molar refractivity (Wildman–Crippen MR) is 75.3 cm³/mol. The summed E-state index contributed by atoms with van der Waals surface area (Å²) in [5, 5.41) is 0. The van der Waals surface area contributed by atoms with Crippen molar-refractivity contribution < 1.29 is 4.57 Å². The Bertz CT molecular complexity index is 522. The standard InChI is InChI=1S/C11H11INS2/c1-11(6-12)7-14-10-13(11)8-4-2-3-5-9(8)15-10/h2-5H,6-7H2,1H3/q+1/t11-/m0/s1. The van der Waals surface area contributed by atoms with E-state index in [0.29, 0.717) is 5.54 Å². The summed E-state index contributed by atoms with van der Waals surface area (Å²) >= 11 is 6.43. The Morgan fingerprint density at radius 2 is 2.27 bits per heavy atom. The van der Waals surface area contributed by atoms with Crippen molar-refractivity contribution in [2.24, 2.45) is 0 Å². The van der Waals surface area contributed by atoms with Crippen molar-refractivity contribution in [1.82, 2.24) is 0 Å². The molecule has 0 N–H and O–H groups in total. The molecule has 0 unspecified atom stereocenters. The molecule has 2 aromatic rings. The lowest BCUT2D eigenvalue weighted by atomic mass is 10.1. The van der Waals surface area contributed by atoms with Gasteiger partial charge in [0.25, 0.3) is 4.34 Å². The van der Waals surface area contributed by atoms with Crippen molar-refractivity contribution in [3.05, 3.63) is 24.3 Å². The zero-order chi connectivity index (χ0) is 10.5. The minimum Gasteiger partial charge on any atom is -0.169 e. The zero-order valence-electron chi connectivity index (χ0n) is 8.37. The molecule has 2 heterocycles. The Balaban J connectivity index is 2.34. The normalized spacial score (nSPS) is 24.7. The molecule has 1 aromatic carbocycles. The van der Waals surface area contributed by atoms with Crippen LogP contribution in [-0.2, 0) is 5.54 Å². The highest BCUT2D eigenvalue weighted by atomic mass is 127. The molecule has 1 atom stereocenters. The van der Waals surface area contributed by atoms with Crippen LogP contribution in [0.15, 0.2) is 28.6 Å². The van der Waals surface area contributed by atoms with E-state index in [2.05, 4.69) is 58.3 Å². The van der Waals surface area contributed by atoms with Gasteiger partial charge in [-0.05, 0) is 17.8 Å². The molecule has 0 radical (unpaired) electrons. The molecule has 0 saturated heterocycles. The Labute approximate surface area is 111 Å². The lowest BCUT2D eigenvalue weighted by Gasteiger charge is -2.13. The quantitative estimate of drug-likeness (QED) is 0.434. The van der Waals surface area contributed by atoms with Gasteiger partial charge in [0.2, 0.25) is 5.52 Å². The number of alkyl halides is 1. The molecule has 15 heavy (non-hydrogen) atoms. The SMILES string of the molecule is C[C@]1(CI)CSc2sc3ccccc3[n+]21. The summed E-state index contributed by atoms with van der Waals surface area (Å²) in [5.74, 6) is 1.21. The molecular weight excluding hydrogens is 337 g/mol. The summed E-state index contributed by atoms with van der Waals surface area (Å²) in [6.45, 7) is 2.36.